The number of nitrogens with one attached hydrogen (secondary N) is 1. The van der Waals surface area contributed by atoms with Gasteiger partial charge in [0.05, 0.1) is 0 Å². The van der Waals surface area contributed by atoms with Gasteiger partial charge in [0.25, 0.3) is 0 Å². The van der Waals surface area contributed by atoms with Crippen LogP contribution >= 0.6 is 0 Å². The molecule has 0 aromatic carbocycles. The van der Waals surface area contributed by atoms with Gasteiger partial charge >= 0.3 is 0 Å². The molecule has 1 heterocycles. The third kappa shape index (κ3) is 3.48. The summed E-state index contributed by atoms with van der Waals surface area (Å²) in [6, 6.07) is -0.292. The monoisotopic (exact) mass is 268 g/mol. The highest BCUT2D eigenvalue weighted by molar-refractivity contribution is 5.99. The quantitative estimate of drug-likeness (QED) is 0.803. The molecule has 110 valence electrons. The average molecular weight is 268 g/mol. The highest BCUT2D eigenvalue weighted by Gasteiger charge is 2.45. The number of hydrogen-bond donors (Lipinski definition) is 1. The van der Waals surface area contributed by atoms with Gasteiger partial charge in [0.2, 0.25) is 11.8 Å². The first-order valence-electron chi connectivity index (χ1n) is 7.48. The van der Waals surface area contributed by atoms with Crippen LogP contribution < -0.4 is 5.32 Å². The zero-order valence-electron chi connectivity index (χ0n) is 13.0. The first-order valence-corrected chi connectivity index (χ1v) is 7.48. The van der Waals surface area contributed by atoms with Crippen LogP contribution in [0.1, 0.15) is 60.3 Å². The molecular weight excluding hydrogens is 240 g/mol. The van der Waals surface area contributed by atoms with Gasteiger partial charge in [-0.25, -0.2) is 0 Å². The van der Waals surface area contributed by atoms with Crippen LogP contribution in [0.25, 0.3) is 0 Å². The zero-order chi connectivity index (χ0) is 14.6. The molecule has 0 aromatic heterocycles. The van der Waals surface area contributed by atoms with E-state index in [1.165, 1.54) is 0 Å². The molecule has 0 aliphatic carbocycles. The van der Waals surface area contributed by atoms with Crippen LogP contribution in [0.5, 0.6) is 0 Å². The van der Waals surface area contributed by atoms with Crippen LogP contribution in [0, 0.1) is 5.92 Å². The highest BCUT2D eigenvalue weighted by Crippen LogP contribution is 2.23. The summed E-state index contributed by atoms with van der Waals surface area (Å²) in [6.07, 6.45) is 3.37. The maximum absolute atomic E-state index is 12.6. The van der Waals surface area contributed by atoms with Crippen LogP contribution in [-0.4, -0.2) is 34.8 Å². The number of piperazine rings is 1. The first kappa shape index (κ1) is 16.0. The summed E-state index contributed by atoms with van der Waals surface area (Å²) in [4.78, 5) is 26.5. The average Bonchev–Trinajstić information content (AvgIpc) is 2.35. The van der Waals surface area contributed by atoms with E-state index in [-0.39, 0.29) is 17.9 Å². The highest BCUT2D eigenvalue weighted by atomic mass is 16.2. The summed E-state index contributed by atoms with van der Waals surface area (Å²) in [7, 11) is 0. The topological polar surface area (TPSA) is 49.4 Å². The van der Waals surface area contributed by atoms with Crippen molar-refractivity contribution in [2.75, 3.05) is 6.54 Å². The Kier molecular flexibility index (Phi) is 5.39. The Morgan fingerprint density at radius 1 is 1.32 bits per heavy atom. The summed E-state index contributed by atoms with van der Waals surface area (Å²) in [6.45, 7) is 10.8. The molecule has 4 nitrogen and oxygen atoms in total. The van der Waals surface area contributed by atoms with Gasteiger partial charge in [-0.3, -0.25) is 9.59 Å². The lowest BCUT2D eigenvalue weighted by Crippen LogP contribution is -2.69. The molecule has 1 aliphatic heterocycles. The number of rotatable bonds is 6. The number of carbonyl (C=O) groups excluding carboxylic acids is 2. The van der Waals surface area contributed by atoms with E-state index < -0.39 is 5.54 Å². The van der Waals surface area contributed by atoms with Crippen molar-refractivity contribution in [1.29, 1.82) is 0 Å². The summed E-state index contributed by atoms with van der Waals surface area (Å²) in [5.41, 5.74) is -0.722. The van der Waals surface area contributed by atoms with Crippen molar-refractivity contribution < 1.29 is 9.59 Å². The fourth-order valence-corrected chi connectivity index (χ4v) is 2.58. The zero-order valence-corrected chi connectivity index (χ0v) is 13.0. The largest absolute Gasteiger partial charge is 0.340 e. The van der Waals surface area contributed by atoms with Gasteiger partial charge in [0.15, 0.2) is 0 Å². The van der Waals surface area contributed by atoms with Crippen molar-refractivity contribution in [2.45, 2.75) is 71.9 Å². The van der Waals surface area contributed by atoms with Gasteiger partial charge in [-0.2, -0.15) is 0 Å². The number of carbonyl (C=O) groups is 2. The SMILES string of the molecule is CCC1C(=O)NC(C)(CC)C(=O)N1CCCC(C)C. The van der Waals surface area contributed by atoms with Crippen LogP contribution in [0.3, 0.4) is 0 Å². The van der Waals surface area contributed by atoms with Gasteiger partial charge in [-0.05, 0) is 38.5 Å². The van der Waals surface area contributed by atoms with Crippen molar-refractivity contribution in [3.05, 3.63) is 0 Å². The molecule has 0 aromatic rings. The van der Waals surface area contributed by atoms with Gasteiger partial charge in [-0.1, -0.05) is 27.7 Å². The lowest BCUT2D eigenvalue weighted by Gasteiger charge is -2.44. The summed E-state index contributed by atoms with van der Waals surface area (Å²) < 4.78 is 0. The molecule has 1 saturated heterocycles. The van der Waals surface area contributed by atoms with E-state index in [1.807, 2.05) is 20.8 Å². The second kappa shape index (κ2) is 6.40. The standard InChI is InChI=1S/C15H28N2O2/c1-6-12-13(18)16-15(5,7-2)14(19)17(12)10-8-9-11(3)4/h11-12H,6-10H2,1-5H3,(H,16,18). The fourth-order valence-electron chi connectivity index (χ4n) is 2.58. The Balaban J connectivity index is 2.81. The Hall–Kier alpha value is -1.06. The molecule has 0 bridgehead atoms. The van der Waals surface area contributed by atoms with E-state index in [2.05, 4.69) is 19.2 Å². The maximum atomic E-state index is 12.6. The van der Waals surface area contributed by atoms with Crippen LogP contribution in [0.4, 0.5) is 0 Å². The minimum absolute atomic E-state index is 0.00371. The smallest absolute Gasteiger partial charge is 0.248 e. The molecule has 1 N–H and O–H groups in total. The second-order valence-electron chi connectivity index (χ2n) is 6.13. The molecule has 1 rings (SSSR count). The van der Waals surface area contributed by atoms with Crippen LogP contribution in [0.2, 0.25) is 0 Å². The van der Waals surface area contributed by atoms with E-state index in [9.17, 15) is 9.59 Å². The van der Waals surface area contributed by atoms with Crippen molar-refractivity contribution in [3.8, 4) is 0 Å². The molecule has 2 atom stereocenters. The molecule has 4 heteroatoms. The predicted octanol–water partition coefficient (Wildman–Crippen LogP) is 2.33. The first-order chi connectivity index (χ1) is 8.85. The summed E-state index contributed by atoms with van der Waals surface area (Å²) in [5.74, 6) is 0.701. The Morgan fingerprint density at radius 3 is 2.42 bits per heavy atom. The van der Waals surface area contributed by atoms with Crippen molar-refractivity contribution in [2.24, 2.45) is 5.92 Å². The van der Waals surface area contributed by atoms with E-state index in [0.717, 1.165) is 12.8 Å². The molecule has 1 aliphatic rings. The van der Waals surface area contributed by atoms with Crippen molar-refractivity contribution in [3.63, 3.8) is 0 Å². The van der Waals surface area contributed by atoms with Gasteiger partial charge < -0.3 is 10.2 Å². The number of hydrogen-bond acceptors (Lipinski definition) is 2. The van der Waals surface area contributed by atoms with E-state index >= 15 is 0 Å². The Labute approximate surface area is 116 Å². The lowest BCUT2D eigenvalue weighted by atomic mass is 9.91. The molecule has 1 fully saturated rings. The third-order valence-corrected chi connectivity index (χ3v) is 4.09. The van der Waals surface area contributed by atoms with Crippen molar-refractivity contribution in [1.82, 2.24) is 10.2 Å². The molecule has 0 spiro atoms. The number of nitrogens with zero attached hydrogens (tertiary/aromatic N) is 1. The van der Waals surface area contributed by atoms with E-state index in [1.54, 1.807) is 4.90 Å². The second-order valence-corrected chi connectivity index (χ2v) is 6.13. The summed E-state index contributed by atoms with van der Waals surface area (Å²) >= 11 is 0. The van der Waals surface area contributed by atoms with Crippen LogP contribution in [0.15, 0.2) is 0 Å². The molecule has 2 amide bonds. The Morgan fingerprint density at radius 2 is 1.95 bits per heavy atom. The van der Waals surface area contributed by atoms with Crippen molar-refractivity contribution >= 4 is 11.8 Å². The molecule has 2 unspecified atom stereocenters. The fraction of sp³-hybridized carbons (Fsp3) is 0.867. The third-order valence-electron chi connectivity index (χ3n) is 4.09. The van der Waals surface area contributed by atoms with Gasteiger partial charge in [0.1, 0.15) is 11.6 Å². The van der Waals surface area contributed by atoms with E-state index in [4.69, 9.17) is 0 Å². The summed E-state index contributed by atoms with van der Waals surface area (Å²) in [5, 5.41) is 2.89. The maximum Gasteiger partial charge on any atom is 0.248 e. The van der Waals surface area contributed by atoms with Crippen LogP contribution in [-0.2, 0) is 9.59 Å². The van der Waals surface area contributed by atoms with E-state index in [0.29, 0.717) is 25.3 Å². The molecule has 19 heavy (non-hydrogen) atoms. The normalized spacial score (nSPS) is 27.9. The Bertz CT molecular complexity index is 341. The molecule has 0 radical (unpaired) electrons. The van der Waals surface area contributed by atoms with Gasteiger partial charge in [-0.15, -0.1) is 0 Å². The predicted molar refractivity (Wildman–Crippen MR) is 76.7 cm³/mol. The minimum atomic E-state index is -0.722. The molecular formula is C15H28N2O2. The van der Waals surface area contributed by atoms with Gasteiger partial charge in [0, 0.05) is 6.54 Å². The molecule has 0 saturated carbocycles. The lowest BCUT2D eigenvalue weighted by molar-refractivity contribution is -0.154. The number of amides is 2. The minimum Gasteiger partial charge on any atom is -0.340 e.